The van der Waals surface area contributed by atoms with E-state index >= 15 is 0 Å². The molecule has 1 N–H and O–H groups in total. The van der Waals surface area contributed by atoms with E-state index in [4.69, 9.17) is 0 Å². The molecule has 0 atom stereocenters. The van der Waals surface area contributed by atoms with Gasteiger partial charge in [0.2, 0.25) is 0 Å². The van der Waals surface area contributed by atoms with Crippen molar-refractivity contribution in [2.45, 2.75) is 19.8 Å². The number of carbonyl (C=O) groups excluding carboxylic acids is 1. The van der Waals surface area contributed by atoms with Gasteiger partial charge in [-0.1, -0.05) is 19.4 Å². The number of hydrogen-bond acceptors (Lipinski definition) is 1. The van der Waals surface area contributed by atoms with Crippen molar-refractivity contribution in [1.29, 1.82) is 0 Å². The van der Waals surface area contributed by atoms with Gasteiger partial charge in [0.15, 0.2) is 0 Å². The molecule has 0 bridgehead atoms. The molecule has 2 amide bonds. The standard InChI is InChI=1S/C9H18N2O/c1-4-6-7-10-9(12)11(3)8-5-2/h5H,2,4,6-8H2,1,3H3,(H,10,12). The summed E-state index contributed by atoms with van der Waals surface area (Å²) in [5.74, 6) is 0. The summed E-state index contributed by atoms with van der Waals surface area (Å²) in [6.45, 7) is 7.01. The molecule has 0 unspecified atom stereocenters. The van der Waals surface area contributed by atoms with Gasteiger partial charge in [0.05, 0.1) is 0 Å². The van der Waals surface area contributed by atoms with Gasteiger partial charge in [0.25, 0.3) is 0 Å². The zero-order valence-electron chi connectivity index (χ0n) is 7.97. The quantitative estimate of drug-likeness (QED) is 0.493. The van der Waals surface area contributed by atoms with Crippen LogP contribution in [-0.4, -0.2) is 31.1 Å². The number of unbranched alkanes of at least 4 members (excludes halogenated alkanes) is 1. The SMILES string of the molecule is C=CCN(C)C(=O)NCCCC. The second-order valence-electron chi connectivity index (χ2n) is 2.75. The molecular weight excluding hydrogens is 152 g/mol. The van der Waals surface area contributed by atoms with Crippen LogP contribution in [0.3, 0.4) is 0 Å². The highest BCUT2D eigenvalue weighted by molar-refractivity contribution is 5.73. The van der Waals surface area contributed by atoms with Crippen LogP contribution < -0.4 is 5.32 Å². The fraction of sp³-hybridized carbons (Fsp3) is 0.667. The fourth-order valence-electron chi connectivity index (χ4n) is 0.784. The lowest BCUT2D eigenvalue weighted by molar-refractivity contribution is 0.213. The molecule has 0 heterocycles. The summed E-state index contributed by atoms with van der Waals surface area (Å²) in [5.41, 5.74) is 0. The van der Waals surface area contributed by atoms with Crippen molar-refractivity contribution >= 4 is 6.03 Å². The van der Waals surface area contributed by atoms with Crippen LogP contribution in [0, 0.1) is 0 Å². The van der Waals surface area contributed by atoms with E-state index in [1.165, 1.54) is 0 Å². The number of rotatable bonds is 5. The summed E-state index contributed by atoms with van der Waals surface area (Å²) in [7, 11) is 1.75. The van der Waals surface area contributed by atoms with E-state index in [1.807, 2.05) is 0 Å². The Labute approximate surface area is 74.4 Å². The molecule has 0 fully saturated rings. The van der Waals surface area contributed by atoms with Gasteiger partial charge in [-0.3, -0.25) is 0 Å². The summed E-state index contributed by atoms with van der Waals surface area (Å²) >= 11 is 0. The summed E-state index contributed by atoms with van der Waals surface area (Å²) in [6.07, 6.45) is 3.85. The Kier molecular flexibility index (Phi) is 6.15. The summed E-state index contributed by atoms with van der Waals surface area (Å²) in [5, 5.41) is 2.81. The van der Waals surface area contributed by atoms with Crippen LogP contribution in [0.2, 0.25) is 0 Å². The maximum Gasteiger partial charge on any atom is 0.317 e. The third-order valence-electron chi connectivity index (χ3n) is 1.56. The zero-order chi connectivity index (χ0) is 9.40. The highest BCUT2D eigenvalue weighted by Crippen LogP contribution is 1.86. The van der Waals surface area contributed by atoms with Crippen LogP contribution >= 0.6 is 0 Å². The molecule has 3 nitrogen and oxygen atoms in total. The summed E-state index contributed by atoms with van der Waals surface area (Å²) in [4.78, 5) is 12.8. The molecule has 12 heavy (non-hydrogen) atoms. The summed E-state index contributed by atoms with van der Waals surface area (Å²) < 4.78 is 0. The number of urea groups is 1. The van der Waals surface area contributed by atoms with E-state index in [-0.39, 0.29) is 6.03 Å². The Balaban J connectivity index is 3.49. The maximum atomic E-state index is 11.2. The Morgan fingerprint density at radius 2 is 2.33 bits per heavy atom. The predicted octanol–water partition coefficient (Wildman–Crippen LogP) is 1.61. The van der Waals surface area contributed by atoms with Gasteiger partial charge in [-0.25, -0.2) is 4.79 Å². The van der Waals surface area contributed by atoms with Crippen molar-refractivity contribution in [3.63, 3.8) is 0 Å². The number of carbonyl (C=O) groups is 1. The average Bonchev–Trinajstić information content (AvgIpc) is 2.05. The molecule has 0 radical (unpaired) electrons. The molecule has 0 aliphatic heterocycles. The Hall–Kier alpha value is -0.990. The van der Waals surface area contributed by atoms with Crippen molar-refractivity contribution in [3.8, 4) is 0 Å². The molecule has 0 spiro atoms. The molecule has 0 aromatic rings. The van der Waals surface area contributed by atoms with Crippen LogP contribution in [0.5, 0.6) is 0 Å². The molecule has 0 rings (SSSR count). The highest BCUT2D eigenvalue weighted by Gasteiger charge is 2.03. The molecule has 0 saturated heterocycles. The zero-order valence-corrected chi connectivity index (χ0v) is 7.97. The second-order valence-corrected chi connectivity index (χ2v) is 2.75. The first-order valence-corrected chi connectivity index (χ1v) is 4.32. The molecule has 0 saturated carbocycles. The van der Waals surface area contributed by atoms with Gasteiger partial charge in [-0.15, -0.1) is 6.58 Å². The van der Waals surface area contributed by atoms with Crippen LogP contribution in [0.15, 0.2) is 12.7 Å². The number of hydrogen-bond donors (Lipinski definition) is 1. The van der Waals surface area contributed by atoms with E-state index in [1.54, 1.807) is 18.0 Å². The first kappa shape index (κ1) is 11.0. The molecular formula is C9H18N2O. The smallest absolute Gasteiger partial charge is 0.317 e. The van der Waals surface area contributed by atoms with Gasteiger partial charge in [0.1, 0.15) is 0 Å². The number of likely N-dealkylation sites (N-methyl/N-ethyl adjacent to an activating group) is 1. The number of amides is 2. The van der Waals surface area contributed by atoms with Crippen molar-refractivity contribution in [2.24, 2.45) is 0 Å². The Morgan fingerprint density at radius 3 is 2.83 bits per heavy atom. The lowest BCUT2D eigenvalue weighted by Gasteiger charge is -2.15. The van der Waals surface area contributed by atoms with E-state index in [0.717, 1.165) is 19.4 Å². The molecule has 70 valence electrons. The minimum atomic E-state index is -0.0247. The van der Waals surface area contributed by atoms with Crippen molar-refractivity contribution < 1.29 is 4.79 Å². The van der Waals surface area contributed by atoms with Crippen LogP contribution in [-0.2, 0) is 0 Å². The minimum absolute atomic E-state index is 0.0247. The van der Waals surface area contributed by atoms with Crippen molar-refractivity contribution in [3.05, 3.63) is 12.7 Å². The minimum Gasteiger partial charge on any atom is -0.338 e. The third-order valence-corrected chi connectivity index (χ3v) is 1.56. The molecule has 0 aromatic heterocycles. The monoisotopic (exact) mass is 170 g/mol. The Bertz CT molecular complexity index is 145. The van der Waals surface area contributed by atoms with Gasteiger partial charge in [-0.2, -0.15) is 0 Å². The number of nitrogens with one attached hydrogen (secondary N) is 1. The highest BCUT2D eigenvalue weighted by atomic mass is 16.2. The number of nitrogens with zero attached hydrogens (tertiary/aromatic N) is 1. The van der Waals surface area contributed by atoms with Gasteiger partial charge < -0.3 is 10.2 Å². The second kappa shape index (κ2) is 6.70. The normalized spacial score (nSPS) is 9.17. The van der Waals surface area contributed by atoms with Gasteiger partial charge >= 0.3 is 6.03 Å². The predicted molar refractivity (Wildman–Crippen MR) is 51.1 cm³/mol. The maximum absolute atomic E-state index is 11.2. The van der Waals surface area contributed by atoms with E-state index in [2.05, 4.69) is 18.8 Å². The van der Waals surface area contributed by atoms with Crippen LogP contribution in [0.25, 0.3) is 0 Å². The lowest BCUT2D eigenvalue weighted by atomic mass is 10.3. The van der Waals surface area contributed by atoms with E-state index in [9.17, 15) is 4.79 Å². The average molecular weight is 170 g/mol. The largest absolute Gasteiger partial charge is 0.338 e. The lowest BCUT2D eigenvalue weighted by Crippen LogP contribution is -2.37. The molecule has 0 aliphatic rings. The van der Waals surface area contributed by atoms with Crippen molar-refractivity contribution in [2.75, 3.05) is 20.1 Å². The first-order chi connectivity index (χ1) is 5.72. The fourth-order valence-corrected chi connectivity index (χ4v) is 0.784. The van der Waals surface area contributed by atoms with E-state index < -0.39 is 0 Å². The van der Waals surface area contributed by atoms with E-state index in [0.29, 0.717) is 6.54 Å². The van der Waals surface area contributed by atoms with Gasteiger partial charge in [-0.05, 0) is 6.42 Å². The molecule has 3 heteroatoms. The third kappa shape index (κ3) is 4.77. The van der Waals surface area contributed by atoms with Crippen LogP contribution in [0.1, 0.15) is 19.8 Å². The summed E-state index contributed by atoms with van der Waals surface area (Å²) in [6, 6.07) is -0.0247. The molecule has 0 aromatic carbocycles. The Morgan fingerprint density at radius 1 is 1.67 bits per heavy atom. The van der Waals surface area contributed by atoms with Crippen LogP contribution in [0.4, 0.5) is 4.79 Å². The van der Waals surface area contributed by atoms with Gasteiger partial charge in [0, 0.05) is 20.1 Å². The first-order valence-electron chi connectivity index (χ1n) is 4.32. The van der Waals surface area contributed by atoms with Crippen molar-refractivity contribution in [1.82, 2.24) is 10.2 Å². The molecule has 0 aliphatic carbocycles. The topological polar surface area (TPSA) is 32.3 Å².